The Morgan fingerprint density at radius 3 is 2.08 bits per heavy atom. The summed E-state index contributed by atoms with van der Waals surface area (Å²) in [4.78, 5) is 0.0990. The average molecular weight is 389 g/mol. The van der Waals surface area contributed by atoms with E-state index >= 15 is 0 Å². The molecule has 8 heteroatoms. The number of nitrogens with zero attached hydrogens (tertiary/aromatic N) is 2. The third-order valence-corrected chi connectivity index (χ3v) is 5.28. The molecule has 0 fully saturated rings. The van der Waals surface area contributed by atoms with Gasteiger partial charge in [-0.15, -0.1) is 10.2 Å². The highest BCUT2D eigenvalue weighted by molar-refractivity contribution is 7.92. The molecule has 2 N–H and O–H groups in total. The largest absolute Gasteiger partial charge is 0.339 e. The Hall–Kier alpha value is -2.64. The van der Waals surface area contributed by atoms with Crippen molar-refractivity contribution in [1.29, 1.82) is 0 Å². The molecule has 0 bridgehead atoms. The predicted molar refractivity (Wildman–Crippen MR) is 103 cm³/mol. The summed E-state index contributed by atoms with van der Waals surface area (Å²) in [7, 11) is -3.74. The summed E-state index contributed by atoms with van der Waals surface area (Å²) in [6.45, 7) is 2.09. The van der Waals surface area contributed by atoms with Crippen LogP contribution < -0.4 is 10.0 Å². The van der Waals surface area contributed by atoms with Gasteiger partial charge in [0.15, 0.2) is 11.6 Å². The summed E-state index contributed by atoms with van der Waals surface area (Å²) >= 11 is 5.78. The van der Waals surface area contributed by atoms with Crippen LogP contribution in [0.5, 0.6) is 0 Å². The van der Waals surface area contributed by atoms with Crippen molar-refractivity contribution < 1.29 is 8.42 Å². The molecule has 0 aliphatic carbocycles. The van der Waals surface area contributed by atoms with Crippen LogP contribution in [0.3, 0.4) is 0 Å². The second-order valence-corrected chi connectivity index (χ2v) is 7.66. The van der Waals surface area contributed by atoms with Crippen LogP contribution in [-0.2, 0) is 16.4 Å². The van der Waals surface area contributed by atoms with Gasteiger partial charge in [0, 0.05) is 10.7 Å². The molecule has 0 saturated carbocycles. The van der Waals surface area contributed by atoms with Gasteiger partial charge in [-0.1, -0.05) is 30.7 Å². The van der Waals surface area contributed by atoms with E-state index in [1.807, 2.05) is 24.3 Å². The molecule has 0 saturated heterocycles. The molecule has 3 rings (SSSR count). The van der Waals surface area contributed by atoms with Crippen molar-refractivity contribution in [3.05, 3.63) is 71.2 Å². The molecule has 6 nitrogen and oxygen atoms in total. The first-order valence-electron chi connectivity index (χ1n) is 7.94. The van der Waals surface area contributed by atoms with Crippen LogP contribution in [0.4, 0.5) is 17.3 Å². The first-order chi connectivity index (χ1) is 12.5. The van der Waals surface area contributed by atoms with Crippen LogP contribution in [0, 0.1) is 0 Å². The Morgan fingerprint density at radius 1 is 0.885 bits per heavy atom. The number of aryl methyl sites for hydroxylation is 1. The number of aromatic nitrogens is 2. The average Bonchev–Trinajstić information content (AvgIpc) is 2.64. The Morgan fingerprint density at radius 2 is 1.50 bits per heavy atom. The van der Waals surface area contributed by atoms with Crippen LogP contribution in [0.15, 0.2) is 65.6 Å². The fourth-order valence-corrected chi connectivity index (χ4v) is 3.36. The molecular formula is C18H17ClN4O2S. The lowest BCUT2D eigenvalue weighted by molar-refractivity contribution is 0.601. The molecule has 26 heavy (non-hydrogen) atoms. The van der Waals surface area contributed by atoms with Crippen molar-refractivity contribution in [3.8, 4) is 0 Å². The summed E-state index contributed by atoms with van der Waals surface area (Å²) in [6.07, 6.45) is 0.975. The third-order valence-electron chi connectivity index (χ3n) is 3.66. The Bertz CT molecular complexity index is 973. The number of sulfonamides is 1. The molecule has 3 aromatic rings. The van der Waals surface area contributed by atoms with Crippen molar-refractivity contribution in [2.24, 2.45) is 0 Å². The number of hydrogen-bond donors (Lipinski definition) is 2. The smallest absolute Gasteiger partial charge is 0.263 e. The van der Waals surface area contributed by atoms with E-state index in [2.05, 4.69) is 27.2 Å². The number of nitrogens with one attached hydrogen (secondary N) is 2. The lowest BCUT2D eigenvalue weighted by Crippen LogP contribution is -2.14. The number of benzene rings is 2. The van der Waals surface area contributed by atoms with Gasteiger partial charge in [0.2, 0.25) is 0 Å². The first-order valence-corrected chi connectivity index (χ1v) is 9.80. The van der Waals surface area contributed by atoms with E-state index in [0.29, 0.717) is 10.8 Å². The number of halogens is 1. The van der Waals surface area contributed by atoms with Gasteiger partial charge < -0.3 is 5.32 Å². The summed E-state index contributed by atoms with van der Waals surface area (Å²) < 4.78 is 27.0. The van der Waals surface area contributed by atoms with Gasteiger partial charge >= 0.3 is 0 Å². The highest BCUT2D eigenvalue weighted by atomic mass is 35.5. The predicted octanol–water partition coefficient (Wildman–Crippen LogP) is 4.24. The monoisotopic (exact) mass is 388 g/mol. The third kappa shape index (κ3) is 4.50. The molecular weight excluding hydrogens is 372 g/mol. The van der Waals surface area contributed by atoms with Gasteiger partial charge in [0.05, 0.1) is 4.90 Å². The van der Waals surface area contributed by atoms with Gasteiger partial charge in [-0.25, -0.2) is 8.42 Å². The van der Waals surface area contributed by atoms with E-state index < -0.39 is 10.0 Å². The van der Waals surface area contributed by atoms with Crippen molar-refractivity contribution in [2.75, 3.05) is 10.0 Å². The van der Waals surface area contributed by atoms with E-state index in [1.54, 1.807) is 12.1 Å². The molecule has 0 amide bonds. The minimum Gasteiger partial charge on any atom is -0.339 e. The van der Waals surface area contributed by atoms with Crippen LogP contribution in [0.1, 0.15) is 12.5 Å². The van der Waals surface area contributed by atoms with E-state index in [4.69, 9.17) is 11.6 Å². The molecule has 0 aliphatic rings. The molecule has 2 aromatic carbocycles. The maximum atomic E-state index is 12.3. The highest BCUT2D eigenvalue weighted by Gasteiger charge is 2.15. The van der Waals surface area contributed by atoms with Crippen molar-refractivity contribution in [1.82, 2.24) is 10.2 Å². The minimum absolute atomic E-state index is 0.0990. The molecule has 0 radical (unpaired) electrons. The maximum Gasteiger partial charge on any atom is 0.263 e. The van der Waals surface area contributed by atoms with Crippen molar-refractivity contribution in [2.45, 2.75) is 18.2 Å². The van der Waals surface area contributed by atoms with E-state index in [-0.39, 0.29) is 10.7 Å². The quantitative estimate of drug-likeness (QED) is 0.659. The van der Waals surface area contributed by atoms with Gasteiger partial charge in [0.1, 0.15) is 0 Å². The highest BCUT2D eigenvalue weighted by Crippen LogP contribution is 2.19. The topological polar surface area (TPSA) is 84.0 Å². The second-order valence-electron chi connectivity index (χ2n) is 5.54. The zero-order valence-corrected chi connectivity index (χ0v) is 15.6. The van der Waals surface area contributed by atoms with Gasteiger partial charge in [0.25, 0.3) is 10.0 Å². The Labute approximate surface area is 157 Å². The molecule has 0 spiro atoms. The number of anilines is 3. The van der Waals surface area contributed by atoms with E-state index in [9.17, 15) is 8.42 Å². The molecule has 134 valence electrons. The zero-order chi connectivity index (χ0) is 18.6. The Balaban J connectivity index is 1.69. The first kappa shape index (κ1) is 18.2. The van der Waals surface area contributed by atoms with E-state index in [0.717, 1.165) is 12.1 Å². The summed E-state index contributed by atoms with van der Waals surface area (Å²) in [5.41, 5.74) is 2.12. The van der Waals surface area contributed by atoms with Gasteiger partial charge in [-0.2, -0.15) is 0 Å². The maximum absolute atomic E-state index is 12.3. The van der Waals surface area contributed by atoms with E-state index in [1.165, 1.54) is 29.8 Å². The van der Waals surface area contributed by atoms with Crippen molar-refractivity contribution >= 4 is 38.9 Å². The zero-order valence-electron chi connectivity index (χ0n) is 14.0. The summed E-state index contributed by atoms with van der Waals surface area (Å²) in [6, 6.07) is 17.0. The van der Waals surface area contributed by atoms with Gasteiger partial charge in [-0.3, -0.25) is 4.72 Å². The fourth-order valence-electron chi connectivity index (χ4n) is 2.24. The lowest BCUT2D eigenvalue weighted by atomic mass is 10.1. The van der Waals surface area contributed by atoms with Crippen molar-refractivity contribution in [3.63, 3.8) is 0 Å². The van der Waals surface area contributed by atoms with Crippen LogP contribution in [0.2, 0.25) is 5.02 Å². The van der Waals surface area contributed by atoms with Crippen LogP contribution >= 0.6 is 11.6 Å². The van der Waals surface area contributed by atoms with Crippen LogP contribution in [0.25, 0.3) is 0 Å². The number of hydrogen-bond acceptors (Lipinski definition) is 5. The molecule has 0 atom stereocenters. The SMILES string of the molecule is CCc1ccc(Nc2ccc(NS(=O)(=O)c3ccc(Cl)cc3)nn2)cc1. The standard InChI is InChI=1S/C18H17ClN4O2S/c1-2-13-3-7-15(8-4-13)20-17-11-12-18(22-21-17)23-26(24,25)16-9-5-14(19)6-10-16/h3-12H,2H2,1H3,(H,20,21)(H,22,23). The fraction of sp³-hybridized carbons (Fsp3) is 0.111. The Kier molecular flexibility index (Phi) is 5.39. The minimum atomic E-state index is -3.74. The van der Waals surface area contributed by atoms with Crippen LogP contribution in [-0.4, -0.2) is 18.6 Å². The second kappa shape index (κ2) is 7.72. The molecule has 0 aliphatic heterocycles. The molecule has 0 unspecified atom stereocenters. The normalized spacial score (nSPS) is 11.2. The summed E-state index contributed by atoms with van der Waals surface area (Å²) in [5, 5.41) is 11.5. The number of rotatable bonds is 6. The van der Waals surface area contributed by atoms with Gasteiger partial charge in [-0.05, 0) is 60.5 Å². The lowest BCUT2D eigenvalue weighted by Gasteiger charge is -2.09. The molecule has 1 heterocycles. The summed E-state index contributed by atoms with van der Waals surface area (Å²) in [5.74, 6) is 0.649. The molecule has 1 aromatic heterocycles.